The summed E-state index contributed by atoms with van der Waals surface area (Å²) in [6.45, 7) is 0. The van der Waals surface area contributed by atoms with E-state index in [9.17, 15) is 14.9 Å². The summed E-state index contributed by atoms with van der Waals surface area (Å²) in [6.07, 6.45) is 0.154. The third kappa shape index (κ3) is 2.18. The average Bonchev–Trinajstić information content (AvgIpc) is 2.88. The van der Waals surface area contributed by atoms with Gasteiger partial charge >= 0.3 is 11.5 Å². The Balaban J connectivity index is 1.99. The van der Waals surface area contributed by atoms with Gasteiger partial charge in [0, 0.05) is 17.4 Å². The number of hydrogen-bond acceptors (Lipinski definition) is 5. The predicted octanol–water partition coefficient (Wildman–Crippen LogP) is 2.89. The van der Waals surface area contributed by atoms with Gasteiger partial charge in [-0.15, -0.1) is 0 Å². The van der Waals surface area contributed by atoms with E-state index in [2.05, 4.69) is 0 Å². The first kappa shape index (κ1) is 12.2. The van der Waals surface area contributed by atoms with Gasteiger partial charge in [0.1, 0.15) is 16.3 Å². The molecule has 0 aliphatic carbocycles. The summed E-state index contributed by atoms with van der Waals surface area (Å²) in [7, 11) is 0. The minimum atomic E-state index is -0.619. The number of nitrogens with zero attached hydrogens (tertiary/aromatic N) is 1. The maximum atomic E-state index is 11.8. The molecule has 3 aromatic rings. The SMILES string of the molecule is O=c1oc2ccccc2cc1Cc1ccc([N+](=O)[O-])o1. The maximum absolute atomic E-state index is 11.8. The molecule has 0 N–H and O–H groups in total. The fourth-order valence-electron chi connectivity index (χ4n) is 1.98. The summed E-state index contributed by atoms with van der Waals surface area (Å²) in [5.74, 6) is 0.00413. The van der Waals surface area contributed by atoms with E-state index in [0.717, 1.165) is 5.39 Å². The molecule has 0 spiro atoms. The van der Waals surface area contributed by atoms with E-state index in [4.69, 9.17) is 8.83 Å². The van der Waals surface area contributed by atoms with E-state index >= 15 is 0 Å². The maximum Gasteiger partial charge on any atom is 0.433 e. The van der Waals surface area contributed by atoms with Crippen molar-refractivity contribution in [1.82, 2.24) is 0 Å². The molecule has 0 saturated heterocycles. The van der Waals surface area contributed by atoms with Crippen molar-refractivity contribution < 1.29 is 13.8 Å². The van der Waals surface area contributed by atoms with Crippen LogP contribution in [0.5, 0.6) is 0 Å². The molecule has 0 fully saturated rings. The standard InChI is InChI=1S/C14H9NO5/c16-14-10(7-9-3-1-2-4-12(9)20-14)8-11-5-6-13(19-11)15(17)18/h1-7H,8H2. The molecular formula is C14H9NO5. The zero-order valence-corrected chi connectivity index (χ0v) is 10.2. The summed E-state index contributed by atoms with van der Waals surface area (Å²) in [5, 5.41) is 11.3. The van der Waals surface area contributed by atoms with Crippen molar-refractivity contribution in [2.45, 2.75) is 6.42 Å². The zero-order chi connectivity index (χ0) is 14.1. The Morgan fingerprint density at radius 3 is 2.65 bits per heavy atom. The predicted molar refractivity (Wildman–Crippen MR) is 70.7 cm³/mol. The number of para-hydroxylation sites is 1. The molecule has 6 heteroatoms. The molecule has 3 rings (SSSR count). The van der Waals surface area contributed by atoms with Crippen molar-refractivity contribution >= 4 is 16.9 Å². The van der Waals surface area contributed by atoms with Gasteiger partial charge in [0.15, 0.2) is 0 Å². The number of rotatable bonds is 3. The molecular weight excluding hydrogens is 262 g/mol. The lowest BCUT2D eigenvalue weighted by Gasteiger charge is -1.99. The molecule has 0 aliphatic heterocycles. The number of hydrogen-bond donors (Lipinski definition) is 0. The third-order valence-electron chi connectivity index (χ3n) is 2.91. The van der Waals surface area contributed by atoms with Crippen LogP contribution >= 0.6 is 0 Å². The first-order valence-electron chi connectivity index (χ1n) is 5.88. The monoisotopic (exact) mass is 271 g/mol. The van der Waals surface area contributed by atoms with Crippen LogP contribution in [-0.4, -0.2) is 4.92 Å². The fraction of sp³-hybridized carbons (Fsp3) is 0.0714. The van der Waals surface area contributed by atoms with Gasteiger partial charge in [-0.05, 0) is 18.2 Å². The molecule has 0 saturated carbocycles. The van der Waals surface area contributed by atoms with Gasteiger partial charge in [-0.3, -0.25) is 10.1 Å². The average molecular weight is 271 g/mol. The lowest BCUT2D eigenvalue weighted by molar-refractivity contribution is -0.402. The number of nitro groups is 1. The highest BCUT2D eigenvalue weighted by atomic mass is 16.6. The van der Waals surface area contributed by atoms with Gasteiger partial charge in [0.2, 0.25) is 0 Å². The summed E-state index contributed by atoms with van der Waals surface area (Å²) in [6, 6.07) is 11.6. The van der Waals surface area contributed by atoms with Crippen molar-refractivity contribution in [3.63, 3.8) is 0 Å². The Bertz CT molecular complexity index is 846. The van der Waals surface area contributed by atoms with Crippen molar-refractivity contribution in [2.24, 2.45) is 0 Å². The van der Waals surface area contributed by atoms with Crippen LogP contribution in [0.4, 0.5) is 5.88 Å². The normalized spacial score (nSPS) is 10.8. The Morgan fingerprint density at radius 1 is 1.10 bits per heavy atom. The lowest BCUT2D eigenvalue weighted by atomic mass is 10.1. The van der Waals surface area contributed by atoms with E-state index in [1.165, 1.54) is 12.1 Å². The van der Waals surface area contributed by atoms with Gasteiger partial charge in [0.25, 0.3) is 0 Å². The summed E-state index contributed by atoms with van der Waals surface area (Å²) < 4.78 is 10.2. The molecule has 100 valence electrons. The Hall–Kier alpha value is -2.89. The Labute approximate surface area is 112 Å². The van der Waals surface area contributed by atoms with Gasteiger partial charge in [-0.1, -0.05) is 18.2 Å². The highest BCUT2D eigenvalue weighted by Gasteiger charge is 2.14. The highest BCUT2D eigenvalue weighted by Crippen LogP contribution is 2.19. The van der Waals surface area contributed by atoms with Gasteiger partial charge in [-0.2, -0.15) is 0 Å². The number of fused-ring (bicyclic) bond motifs is 1. The minimum Gasteiger partial charge on any atom is -0.423 e. The number of benzene rings is 1. The highest BCUT2D eigenvalue weighted by molar-refractivity contribution is 5.76. The van der Waals surface area contributed by atoms with Crippen LogP contribution in [0.1, 0.15) is 11.3 Å². The fourth-order valence-corrected chi connectivity index (χ4v) is 1.98. The smallest absolute Gasteiger partial charge is 0.423 e. The quantitative estimate of drug-likeness (QED) is 0.415. The minimum absolute atomic E-state index is 0.154. The van der Waals surface area contributed by atoms with Gasteiger partial charge in [0.05, 0.1) is 6.07 Å². The molecule has 0 amide bonds. The van der Waals surface area contributed by atoms with Crippen LogP contribution in [0, 0.1) is 10.1 Å². The first-order chi connectivity index (χ1) is 9.63. The molecule has 6 nitrogen and oxygen atoms in total. The molecule has 0 radical (unpaired) electrons. The van der Waals surface area contributed by atoms with Crippen LogP contribution in [-0.2, 0) is 6.42 Å². The van der Waals surface area contributed by atoms with Crippen molar-refractivity contribution in [2.75, 3.05) is 0 Å². The molecule has 0 atom stereocenters. The van der Waals surface area contributed by atoms with E-state index < -0.39 is 10.5 Å². The van der Waals surface area contributed by atoms with Crippen molar-refractivity contribution in [3.05, 3.63) is 74.3 Å². The topological polar surface area (TPSA) is 86.5 Å². The van der Waals surface area contributed by atoms with Crippen LogP contribution in [0.25, 0.3) is 11.0 Å². The van der Waals surface area contributed by atoms with Crippen LogP contribution in [0.2, 0.25) is 0 Å². The van der Waals surface area contributed by atoms with Crippen molar-refractivity contribution in [3.8, 4) is 0 Å². The zero-order valence-electron chi connectivity index (χ0n) is 10.2. The van der Waals surface area contributed by atoms with Gasteiger partial charge in [-0.25, -0.2) is 4.79 Å². The second-order valence-corrected chi connectivity index (χ2v) is 4.27. The van der Waals surface area contributed by atoms with Gasteiger partial charge < -0.3 is 8.83 Å². The summed E-state index contributed by atoms with van der Waals surface area (Å²) in [5.41, 5.74) is 0.433. The summed E-state index contributed by atoms with van der Waals surface area (Å²) in [4.78, 5) is 21.8. The molecule has 0 aliphatic rings. The second kappa shape index (κ2) is 4.65. The van der Waals surface area contributed by atoms with Crippen LogP contribution < -0.4 is 5.63 Å². The van der Waals surface area contributed by atoms with E-state index in [-0.39, 0.29) is 12.3 Å². The van der Waals surface area contributed by atoms with E-state index in [1.54, 1.807) is 18.2 Å². The first-order valence-corrected chi connectivity index (χ1v) is 5.88. The molecule has 0 unspecified atom stereocenters. The van der Waals surface area contributed by atoms with Crippen LogP contribution in [0.15, 0.2) is 56.1 Å². The molecule has 2 heterocycles. The van der Waals surface area contributed by atoms with Crippen LogP contribution in [0.3, 0.4) is 0 Å². The largest absolute Gasteiger partial charge is 0.433 e. The number of furan rings is 1. The van der Waals surface area contributed by atoms with Crippen molar-refractivity contribution in [1.29, 1.82) is 0 Å². The molecule has 1 aromatic carbocycles. The molecule has 20 heavy (non-hydrogen) atoms. The molecule has 2 aromatic heterocycles. The third-order valence-corrected chi connectivity index (χ3v) is 2.91. The Morgan fingerprint density at radius 2 is 1.90 bits per heavy atom. The Kier molecular flexibility index (Phi) is 2.83. The second-order valence-electron chi connectivity index (χ2n) is 4.27. The summed E-state index contributed by atoms with van der Waals surface area (Å²) >= 11 is 0. The lowest BCUT2D eigenvalue weighted by Crippen LogP contribution is -2.07. The van der Waals surface area contributed by atoms with E-state index in [0.29, 0.717) is 16.9 Å². The molecule has 0 bridgehead atoms. The van der Waals surface area contributed by atoms with E-state index in [1.807, 2.05) is 12.1 Å².